The minimum absolute atomic E-state index is 0.0659. The monoisotopic (exact) mass is 247 g/mol. The van der Waals surface area contributed by atoms with Gasteiger partial charge in [0.05, 0.1) is 4.92 Å². The number of aromatic nitrogens is 1. The van der Waals surface area contributed by atoms with Crippen LogP contribution in [0.25, 0.3) is 0 Å². The highest BCUT2D eigenvalue weighted by atomic mass is 19.1. The van der Waals surface area contributed by atoms with Gasteiger partial charge in [-0.25, -0.2) is 0 Å². The fourth-order valence-electron chi connectivity index (χ4n) is 1.49. The van der Waals surface area contributed by atoms with Gasteiger partial charge in [-0.2, -0.15) is 9.37 Å². The molecule has 0 amide bonds. The maximum Gasteiger partial charge on any atom is 0.311 e. The van der Waals surface area contributed by atoms with Crippen LogP contribution in [0.3, 0.4) is 0 Å². The normalized spacial score (nSPS) is 10.1. The van der Waals surface area contributed by atoms with Gasteiger partial charge in [0, 0.05) is 18.7 Å². The lowest BCUT2D eigenvalue weighted by molar-refractivity contribution is -0.384. The third kappa shape index (κ3) is 2.79. The number of nitro groups is 1. The Labute approximate surface area is 102 Å². The second-order valence-electron chi connectivity index (χ2n) is 3.60. The third-order valence-electron chi connectivity index (χ3n) is 2.34. The minimum Gasteiger partial charge on any atom is -0.360 e. The van der Waals surface area contributed by atoms with E-state index in [1.807, 2.05) is 30.3 Å². The smallest absolute Gasteiger partial charge is 0.311 e. The zero-order valence-corrected chi connectivity index (χ0v) is 9.34. The van der Waals surface area contributed by atoms with Gasteiger partial charge >= 0.3 is 5.69 Å². The maximum absolute atomic E-state index is 13.0. The number of nitrogens with one attached hydrogen (secondary N) is 1. The first kappa shape index (κ1) is 12.0. The largest absolute Gasteiger partial charge is 0.360 e. The van der Waals surface area contributed by atoms with Gasteiger partial charge in [0.2, 0.25) is 11.8 Å². The van der Waals surface area contributed by atoms with Crippen molar-refractivity contribution in [1.82, 2.24) is 4.98 Å². The average Bonchev–Trinajstić information content (AvgIpc) is 2.37. The van der Waals surface area contributed by atoms with Crippen LogP contribution in [-0.2, 0) is 6.54 Å². The topological polar surface area (TPSA) is 68.1 Å². The predicted octanol–water partition coefficient (Wildman–Crippen LogP) is 2.74. The van der Waals surface area contributed by atoms with Crippen molar-refractivity contribution < 1.29 is 9.31 Å². The first-order valence-corrected chi connectivity index (χ1v) is 5.25. The molecule has 2 aromatic rings. The molecule has 92 valence electrons. The van der Waals surface area contributed by atoms with Crippen molar-refractivity contribution >= 4 is 11.5 Å². The van der Waals surface area contributed by atoms with Crippen molar-refractivity contribution in [2.45, 2.75) is 6.54 Å². The summed E-state index contributed by atoms with van der Waals surface area (Å²) in [6, 6.07) is 11.3. The number of benzene rings is 1. The van der Waals surface area contributed by atoms with Crippen LogP contribution in [0.15, 0.2) is 42.5 Å². The minimum atomic E-state index is -0.754. The Hall–Kier alpha value is -2.50. The second kappa shape index (κ2) is 5.22. The first-order valence-electron chi connectivity index (χ1n) is 5.25. The van der Waals surface area contributed by atoms with Gasteiger partial charge in [0.25, 0.3) is 0 Å². The summed E-state index contributed by atoms with van der Waals surface area (Å²) in [6.07, 6.45) is 0. The lowest BCUT2D eigenvalue weighted by Crippen LogP contribution is -2.05. The van der Waals surface area contributed by atoms with Crippen LogP contribution in [0.4, 0.5) is 15.9 Å². The molecular weight excluding hydrogens is 237 g/mol. The van der Waals surface area contributed by atoms with E-state index in [0.29, 0.717) is 6.54 Å². The molecule has 0 aliphatic heterocycles. The number of rotatable bonds is 4. The highest BCUT2D eigenvalue weighted by Crippen LogP contribution is 2.22. The molecule has 0 bridgehead atoms. The SMILES string of the molecule is O=[N+]([O-])c1ccc(F)nc1NCc1ccccc1. The van der Waals surface area contributed by atoms with E-state index in [-0.39, 0.29) is 11.5 Å². The Morgan fingerprint density at radius 2 is 1.94 bits per heavy atom. The number of hydrogen-bond donors (Lipinski definition) is 1. The van der Waals surface area contributed by atoms with E-state index in [2.05, 4.69) is 10.3 Å². The van der Waals surface area contributed by atoms with E-state index in [0.717, 1.165) is 17.7 Å². The molecule has 0 aliphatic carbocycles. The number of nitrogens with zero attached hydrogens (tertiary/aromatic N) is 2. The lowest BCUT2D eigenvalue weighted by Gasteiger charge is -2.06. The standard InChI is InChI=1S/C12H10FN3O2/c13-11-7-6-10(16(17)18)12(15-11)14-8-9-4-2-1-3-5-9/h1-7H,8H2,(H,14,15). The van der Waals surface area contributed by atoms with Crippen molar-refractivity contribution in [3.05, 3.63) is 64.1 Å². The Balaban J connectivity index is 2.18. The fourth-order valence-corrected chi connectivity index (χ4v) is 1.49. The van der Waals surface area contributed by atoms with Crippen molar-refractivity contribution in [3.8, 4) is 0 Å². The summed E-state index contributed by atoms with van der Waals surface area (Å²) in [7, 11) is 0. The van der Waals surface area contributed by atoms with Crippen LogP contribution in [-0.4, -0.2) is 9.91 Å². The molecule has 6 heteroatoms. The van der Waals surface area contributed by atoms with Gasteiger partial charge in [0.15, 0.2) is 0 Å². The van der Waals surface area contributed by atoms with Crippen molar-refractivity contribution in [2.75, 3.05) is 5.32 Å². The number of anilines is 1. The Kier molecular flexibility index (Phi) is 3.47. The summed E-state index contributed by atoms with van der Waals surface area (Å²) < 4.78 is 13.0. The van der Waals surface area contributed by atoms with E-state index >= 15 is 0 Å². The highest BCUT2D eigenvalue weighted by molar-refractivity contribution is 5.55. The first-order chi connectivity index (χ1) is 8.66. The van der Waals surface area contributed by atoms with E-state index in [1.165, 1.54) is 0 Å². The molecule has 5 nitrogen and oxygen atoms in total. The quantitative estimate of drug-likeness (QED) is 0.512. The molecule has 0 radical (unpaired) electrons. The maximum atomic E-state index is 13.0. The average molecular weight is 247 g/mol. The Morgan fingerprint density at radius 1 is 1.22 bits per heavy atom. The molecule has 0 saturated carbocycles. The van der Waals surface area contributed by atoms with Crippen LogP contribution in [0.5, 0.6) is 0 Å². The third-order valence-corrected chi connectivity index (χ3v) is 2.34. The molecule has 18 heavy (non-hydrogen) atoms. The van der Waals surface area contributed by atoms with E-state index in [1.54, 1.807) is 0 Å². The van der Waals surface area contributed by atoms with Crippen LogP contribution >= 0.6 is 0 Å². The zero-order chi connectivity index (χ0) is 13.0. The zero-order valence-electron chi connectivity index (χ0n) is 9.34. The summed E-state index contributed by atoms with van der Waals surface area (Å²) in [5.74, 6) is -0.819. The Morgan fingerprint density at radius 3 is 2.61 bits per heavy atom. The summed E-state index contributed by atoms with van der Waals surface area (Å²) in [5.41, 5.74) is 0.685. The van der Waals surface area contributed by atoms with Crippen molar-refractivity contribution in [1.29, 1.82) is 0 Å². The second-order valence-corrected chi connectivity index (χ2v) is 3.60. The fraction of sp³-hybridized carbons (Fsp3) is 0.0833. The van der Waals surface area contributed by atoms with Crippen LogP contribution < -0.4 is 5.32 Å². The van der Waals surface area contributed by atoms with Gasteiger partial charge in [-0.3, -0.25) is 10.1 Å². The van der Waals surface area contributed by atoms with Gasteiger partial charge in [0.1, 0.15) is 0 Å². The van der Waals surface area contributed by atoms with Crippen LogP contribution in [0.1, 0.15) is 5.56 Å². The molecule has 0 fully saturated rings. The molecule has 0 spiro atoms. The Bertz CT molecular complexity index is 561. The van der Waals surface area contributed by atoms with E-state index < -0.39 is 10.9 Å². The molecule has 0 atom stereocenters. The summed E-state index contributed by atoms with van der Waals surface area (Å²) in [6.45, 7) is 0.345. The van der Waals surface area contributed by atoms with Crippen LogP contribution in [0, 0.1) is 16.1 Å². The highest BCUT2D eigenvalue weighted by Gasteiger charge is 2.15. The van der Waals surface area contributed by atoms with Gasteiger partial charge in [-0.15, -0.1) is 0 Å². The molecule has 0 aliphatic rings. The van der Waals surface area contributed by atoms with Gasteiger partial charge < -0.3 is 5.32 Å². The summed E-state index contributed by atoms with van der Waals surface area (Å²) in [5, 5.41) is 13.5. The van der Waals surface area contributed by atoms with Gasteiger partial charge in [-0.05, 0) is 5.56 Å². The molecule has 1 N–H and O–H groups in total. The number of halogens is 1. The molecule has 1 aromatic heterocycles. The number of hydrogen-bond acceptors (Lipinski definition) is 4. The molecular formula is C12H10FN3O2. The lowest BCUT2D eigenvalue weighted by atomic mass is 10.2. The molecule has 0 saturated heterocycles. The predicted molar refractivity (Wildman–Crippen MR) is 64.6 cm³/mol. The molecule has 2 rings (SSSR count). The summed E-state index contributed by atoms with van der Waals surface area (Å²) in [4.78, 5) is 13.6. The molecule has 0 unspecified atom stereocenters. The summed E-state index contributed by atoms with van der Waals surface area (Å²) >= 11 is 0. The molecule has 1 heterocycles. The van der Waals surface area contributed by atoms with Crippen molar-refractivity contribution in [2.24, 2.45) is 0 Å². The van der Waals surface area contributed by atoms with Crippen molar-refractivity contribution in [3.63, 3.8) is 0 Å². The van der Waals surface area contributed by atoms with Crippen LogP contribution in [0.2, 0.25) is 0 Å². The molecule has 1 aromatic carbocycles. The van der Waals surface area contributed by atoms with Gasteiger partial charge in [-0.1, -0.05) is 30.3 Å². The van der Waals surface area contributed by atoms with E-state index in [4.69, 9.17) is 0 Å². The van der Waals surface area contributed by atoms with E-state index in [9.17, 15) is 14.5 Å². The number of pyridine rings is 1.